The molecule has 0 aromatic heterocycles. The average molecular weight is 366 g/mol. The standard InChI is InChI=1S/C24H24F2O/c1-16-5-7-18(8-6-16)15-24(3,19-9-10-23(26)17(2)11-19)20-12-21(25)14-22(13-20)27-4/h5-14H,15H2,1-4H3. The summed E-state index contributed by atoms with van der Waals surface area (Å²) in [6, 6.07) is 18.2. The number of benzene rings is 3. The highest BCUT2D eigenvalue weighted by molar-refractivity contribution is 5.45. The third-order valence-electron chi connectivity index (χ3n) is 5.22. The maximum Gasteiger partial charge on any atom is 0.127 e. The van der Waals surface area contributed by atoms with E-state index in [4.69, 9.17) is 4.74 Å². The van der Waals surface area contributed by atoms with E-state index in [2.05, 4.69) is 31.2 Å². The van der Waals surface area contributed by atoms with E-state index in [-0.39, 0.29) is 11.6 Å². The SMILES string of the molecule is COc1cc(F)cc(C(C)(Cc2ccc(C)cc2)c2ccc(F)c(C)c2)c1. The minimum absolute atomic E-state index is 0.242. The number of methoxy groups -OCH3 is 1. The maximum atomic E-state index is 14.3. The second-order valence-electron chi connectivity index (χ2n) is 7.34. The molecule has 0 aliphatic carbocycles. The molecular weight excluding hydrogens is 342 g/mol. The van der Waals surface area contributed by atoms with Gasteiger partial charge >= 0.3 is 0 Å². The van der Waals surface area contributed by atoms with Crippen LogP contribution in [-0.2, 0) is 11.8 Å². The van der Waals surface area contributed by atoms with E-state index in [1.54, 1.807) is 13.0 Å². The first-order valence-corrected chi connectivity index (χ1v) is 8.99. The van der Waals surface area contributed by atoms with E-state index < -0.39 is 5.41 Å². The van der Waals surface area contributed by atoms with Gasteiger partial charge in [-0.25, -0.2) is 8.78 Å². The molecule has 3 rings (SSSR count). The fraction of sp³-hybridized carbons (Fsp3) is 0.250. The molecule has 140 valence electrons. The Morgan fingerprint density at radius 3 is 2.19 bits per heavy atom. The van der Waals surface area contributed by atoms with Gasteiger partial charge in [-0.3, -0.25) is 0 Å². The second kappa shape index (κ2) is 7.51. The van der Waals surface area contributed by atoms with Gasteiger partial charge in [0.15, 0.2) is 0 Å². The summed E-state index contributed by atoms with van der Waals surface area (Å²) in [4.78, 5) is 0. The van der Waals surface area contributed by atoms with Gasteiger partial charge in [-0.05, 0) is 60.7 Å². The highest BCUT2D eigenvalue weighted by Gasteiger charge is 2.31. The Hall–Kier alpha value is -2.68. The summed E-state index contributed by atoms with van der Waals surface area (Å²) in [6.45, 7) is 5.86. The lowest BCUT2D eigenvalue weighted by Crippen LogP contribution is -2.27. The number of halogens is 2. The van der Waals surface area contributed by atoms with Crippen molar-refractivity contribution in [2.45, 2.75) is 32.6 Å². The summed E-state index contributed by atoms with van der Waals surface area (Å²) in [5, 5.41) is 0. The van der Waals surface area contributed by atoms with Gasteiger partial charge in [0.25, 0.3) is 0 Å². The number of hydrogen-bond acceptors (Lipinski definition) is 1. The first-order valence-electron chi connectivity index (χ1n) is 8.99. The van der Waals surface area contributed by atoms with Gasteiger partial charge in [0, 0.05) is 11.5 Å². The van der Waals surface area contributed by atoms with Gasteiger partial charge in [0.05, 0.1) is 7.11 Å². The van der Waals surface area contributed by atoms with Gasteiger partial charge < -0.3 is 4.74 Å². The van der Waals surface area contributed by atoms with Crippen molar-refractivity contribution in [3.63, 3.8) is 0 Å². The molecule has 0 saturated heterocycles. The van der Waals surface area contributed by atoms with Crippen molar-refractivity contribution in [2.75, 3.05) is 7.11 Å². The van der Waals surface area contributed by atoms with Crippen LogP contribution in [0.1, 0.15) is 34.7 Å². The fourth-order valence-electron chi connectivity index (χ4n) is 3.47. The Bertz CT molecular complexity index is 947. The van der Waals surface area contributed by atoms with Gasteiger partial charge in [-0.15, -0.1) is 0 Å². The maximum absolute atomic E-state index is 14.3. The number of ether oxygens (including phenoxy) is 1. The Morgan fingerprint density at radius 1 is 0.852 bits per heavy atom. The van der Waals surface area contributed by atoms with Crippen LogP contribution in [0.3, 0.4) is 0 Å². The lowest BCUT2D eigenvalue weighted by molar-refractivity contribution is 0.408. The first kappa shape index (κ1) is 19.1. The largest absolute Gasteiger partial charge is 0.497 e. The van der Waals surface area contributed by atoms with Crippen LogP contribution in [0.2, 0.25) is 0 Å². The molecule has 0 aliphatic heterocycles. The topological polar surface area (TPSA) is 9.23 Å². The minimum Gasteiger partial charge on any atom is -0.497 e. The van der Waals surface area contributed by atoms with Crippen LogP contribution >= 0.6 is 0 Å². The van der Waals surface area contributed by atoms with Crippen molar-refractivity contribution in [2.24, 2.45) is 0 Å². The molecule has 0 bridgehead atoms. The zero-order chi connectivity index (χ0) is 19.6. The van der Waals surface area contributed by atoms with E-state index in [0.717, 1.165) is 16.7 Å². The van der Waals surface area contributed by atoms with Gasteiger partial charge in [0.2, 0.25) is 0 Å². The van der Waals surface area contributed by atoms with Crippen LogP contribution < -0.4 is 4.74 Å². The molecule has 3 aromatic carbocycles. The smallest absolute Gasteiger partial charge is 0.127 e. The summed E-state index contributed by atoms with van der Waals surface area (Å²) < 4.78 is 33.4. The van der Waals surface area contributed by atoms with Gasteiger partial charge in [-0.1, -0.05) is 48.9 Å². The summed E-state index contributed by atoms with van der Waals surface area (Å²) in [6.07, 6.45) is 0.658. The third kappa shape index (κ3) is 4.02. The van der Waals surface area contributed by atoms with Crippen LogP contribution in [0.4, 0.5) is 8.78 Å². The van der Waals surface area contributed by atoms with Crippen LogP contribution in [0, 0.1) is 25.5 Å². The molecule has 3 aromatic rings. The van der Waals surface area contributed by atoms with Crippen molar-refractivity contribution in [1.82, 2.24) is 0 Å². The van der Waals surface area contributed by atoms with Crippen molar-refractivity contribution >= 4 is 0 Å². The molecule has 0 fully saturated rings. The van der Waals surface area contributed by atoms with Crippen molar-refractivity contribution in [3.05, 3.63) is 100 Å². The molecule has 27 heavy (non-hydrogen) atoms. The fourth-order valence-corrected chi connectivity index (χ4v) is 3.47. The van der Waals surface area contributed by atoms with Gasteiger partial charge in [-0.2, -0.15) is 0 Å². The van der Waals surface area contributed by atoms with E-state index in [1.807, 2.05) is 19.1 Å². The highest BCUT2D eigenvalue weighted by atomic mass is 19.1. The highest BCUT2D eigenvalue weighted by Crippen LogP contribution is 2.38. The Kier molecular flexibility index (Phi) is 5.31. The van der Waals surface area contributed by atoms with E-state index in [9.17, 15) is 8.78 Å². The molecule has 1 nitrogen and oxygen atoms in total. The molecule has 0 spiro atoms. The molecule has 0 N–H and O–H groups in total. The molecule has 0 saturated carbocycles. The Morgan fingerprint density at radius 2 is 1.56 bits per heavy atom. The predicted molar refractivity (Wildman–Crippen MR) is 105 cm³/mol. The van der Waals surface area contributed by atoms with Crippen molar-refractivity contribution in [1.29, 1.82) is 0 Å². The lowest BCUT2D eigenvalue weighted by atomic mass is 9.71. The zero-order valence-corrected chi connectivity index (χ0v) is 16.1. The van der Waals surface area contributed by atoms with Gasteiger partial charge in [0.1, 0.15) is 17.4 Å². The molecule has 0 aliphatic rings. The number of aryl methyl sites for hydroxylation is 2. The van der Waals surface area contributed by atoms with Crippen molar-refractivity contribution in [3.8, 4) is 5.75 Å². The average Bonchev–Trinajstić information content (AvgIpc) is 2.65. The molecule has 3 heteroatoms. The third-order valence-corrected chi connectivity index (χ3v) is 5.22. The quantitative estimate of drug-likeness (QED) is 0.527. The number of rotatable bonds is 5. The first-order chi connectivity index (χ1) is 12.8. The summed E-state index contributed by atoms with van der Waals surface area (Å²) in [5.74, 6) is -0.120. The second-order valence-corrected chi connectivity index (χ2v) is 7.34. The van der Waals surface area contributed by atoms with E-state index in [0.29, 0.717) is 17.7 Å². The number of hydrogen-bond donors (Lipinski definition) is 0. The zero-order valence-electron chi connectivity index (χ0n) is 16.1. The molecular formula is C24H24F2O. The van der Waals surface area contributed by atoms with Crippen molar-refractivity contribution < 1.29 is 13.5 Å². The van der Waals surface area contributed by atoms with Crippen LogP contribution in [-0.4, -0.2) is 7.11 Å². The van der Waals surface area contributed by atoms with Crippen LogP contribution in [0.5, 0.6) is 5.75 Å². The predicted octanol–water partition coefficient (Wildman–Crippen LogP) is 6.14. The van der Waals surface area contributed by atoms with Crippen LogP contribution in [0.25, 0.3) is 0 Å². The summed E-state index contributed by atoms with van der Waals surface area (Å²) in [7, 11) is 1.53. The normalized spacial score (nSPS) is 13.3. The monoisotopic (exact) mass is 366 g/mol. The Balaban J connectivity index is 2.17. The molecule has 0 radical (unpaired) electrons. The summed E-state index contributed by atoms with van der Waals surface area (Å²) in [5.41, 5.74) is 4.09. The Labute approximate surface area is 159 Å². The van der Waals surface area contributed by atoms with E-state index in [1.165, 1.54) is 30.9 Å². The minimum atomic E-state index is -0.539. The molecule has 0 heterocycles. The van der Waals surface area contributed by atoms with E-state index >= 15 is 0 Å². The molecule has 1 unspecified atom stereocenters. The molecule has 0 amide bonds. The molecule has 1 atom stereocenters. The summed E-state index contributed by atoms with van der Waals surface area (Å²) >= 11 is 0. The van der Waals surface area contributed by atoms with Crippen LogP contribution in [0.15, 0.2) is 60.7 Å². The lowest BCUT2D eigenvalue weighted by Gasteiger charge is -2.32.